The van der Waals surface area contributed by atoms with E-state index in [4.69, 9.17) is 10.5 Å². The number of aryl methyl sites for hydroxylation is 1. The zero-order valence-electron chi connectivity index (χ0n) is 12.8. The molecule has 0 atom stereocenters. The minimum Gasteiger partial charge on any atom is -0.383 e. The lowest BCUT2D eigenvalue weighted by Crippen LogP contribution is -2.33. The molecule has 0 radical (unpaired) electrons. The van der Waals surface area contributed by atoms with E-state index in [2.05, 4.69) is 20.0 Å². The first-order valence-electron chi connectivity index (χ1n) is 7.05. The average Bonchev–Trinajstić information content (AvgIpc) is 2.82. The average molecular weight is 325 g/mol. The van der Waals surface area contributed by atoms with Crippen LogP contribution < -0.4 is 5.73 Å². The zero-order valence-corrected chi connectivity index (χ0v) is 13.6. The molecule has 7 nitrogen and oxygen atoms in total. The lowest BCUT2D eigenvalue weighted by molar-refractivity contribution is 0.140. The summed E-state index contributed by atoms with van der Waals surface area (Å²) in [5.74, 6) is 1.39. The SMILES string of the molecule is COCCN1CCc2nn(-c3cc(C)ncn3)c(N)c2C1.Cl. The molecule has 0 bridgehead atoms. The summed E-state index contributed by atoms with van der Waals surface area (Å²) >= 11 is 0. The summed E-state index contributed by atoms with van der Waals surface area (Å²) in [6.45, 7) is 5.36. The highest BCUT2D eigenvalue weighted by atomic mass is 35.5. The second kappa shape index (κ2) is 7.04. The Balaban J connectivity index is 0.00000176. The van der Waals surface area contributed by atoms with Crippen LogP contribution in [-0.2, 0) is 17.7 Å². The van der Waals surface area contributed by atoms with Crippen molar-refractivity contribution < 1.29 is 4.74 Å². The Hall–Kier alpha value is -1.70. The maximum atomic E-state index is 6.28. The Labute approximate surface area is 135 Å². The van der Waals surface area contributed by atoms with Gasteiger partial charge < -0.3 is 10.5 Å². The molecule has 0 spiro atoms. The monoisotopic (exact) mass is 324 g/mol. The third-order valence-electron chi connectivity index (χ3n) is 3.77. The molecule has 22 heavy (non-hydrogen) atoms. The summed E-state index contributed by atoms with van der Waals surface area (Å²) in [6.07, 6.45) is 2.44. The van der Waals surface area contributed by atoms with Crippen LogP contribution in [0.25, 0.3) is 5.82 Å². The predicted molar refractivity (Wildman–Crippen MR) is 86.4 cm³/mol. The highest BCUT2D eigenvalue weighted by Gasteiger charge is 2.24. The van der Waals surface area contributed by atoms with Gasteiger partial charge in [-0.15, -0.1) is 12.4 Å². The van der Waals surface area contributed by atoms with Crippen LogP contribution >= 0.6 is 12.4 Å². The molecule has 1 aliphatic rings. The fourth-order valence-corrected chi connectivity index (χ4v) is 2.59. The fraction of sp³-hybridized carbons (Fsp3) is 0.500. The minimum atomic E-state index is 0. The van der Waals surface area contributed by atoms with E-state index in [1.54, 1.807) is 11.8 Å². The van der Waals surface area contributed by atoms with Crippen molar-refractivity contribution in [1.82, 2.24) is 24.6 Å². The van der Waals surface area contributed by atoms with E-state index in [0.29, 0.717) is 5.82 Å². The molecule has 0 unspecified atom stereocenters. The van der Waals surface area contributed by atoms with Crippen molar-refractivity contribution >= 4 is 18.2 Å². The normalized spacial score (nSPS) is 14.5. The number of ether oxygens (including phenoxy) is 1. The molecule has 3 heterocycles. The topological polar surface area (TPSA) is 82.1 Å². The third kappa shape index (κ3) is 3.21. The number of halogens is 1. The molecule has 0 saturated heterocycles. The van der Waals surface area contributed by atoms with Crippen LogP contribution in [0.2, 0.25) is 0 Å². The Morgan fingerprint density at radius 1 is 1.36 bits per heavy atom. The van der Waals surface area contributed by atoms with Crippen molar-refractivity contribution in [2.45, 2.75) is 19.9 Å². The molecule has 3 rings (SSSR count). The molecular weight excluding hydrogens is 304 g/mol. The fourth-order valence-electron chi connectivity index (χ4n) is 2.59. The zero-order chi connectivity index (χ0) is 14.8. The third-order valence-corrected chi connectivity index (χ3v) is 3.77. The number of hydrogen-bond acceptors (Lipinski definition) is 6. The number of nitrogens with two attached hydrogens (primary N) is 1. The first-order chi connectivity index (χ1) is 10.2. The second-order valence-electron chi connectivity index (χ2n) is 5.26. The van der Waals surface area contributed by atoms with Crippen molar-refractivity contribution in [1.29, 1.82) is 0 Å². The number of aromatic nitrogens is 4. The summed E-state index contributed by atoms with van der Waals surface area (Å²) in [6, 6.07) is 1.89. The van der Waals surface area contributed by atoms with Gasteiger partial charge in [0.15, 0.2) is 5.82 Å². The van der Waals surface area contributed by atoms with Gasteiger partial charge in [-0.1, -0.05) is 0 Å². The van der Waals surface area contributed by atoms with Crippen molar-refractivity contribution in [3.8, 4) is 5.82 Å². The van der Waals surface area contributed by atoms with Crippen molar-refractivity contribution in [2.24, 2.45) is 0 Å². The van der Waals surface area contributed by atoms with Crippen LogP contribution in [0.4, 0.5) is 5.82 Å². The summed E-state index contributed by atoms with van der Waals surface area (Å²) in [7, 11) is 1.72. The molecule has 2 aromatic heterocycles. The molecule has 8 heteroatoms. The Kier molecular flexibility index (Phi) is 5.33. The summed E-state index contributed by atoms with van der Waals surface area (Å²) in [5.41, 5.74) is 9.35. The quantitative estimate of drug-likeness (QED) is 0.902. The summed E-state index contributed by atoms with van der Waals surface area (Å²) in [5, 5.41) is 4.62. The van der Waals surface area contributed by atoms with Crippen LogP contribution in [-0.4, -0.2) is 51.5 Å². The Morgan fingerprint density at radius 3 is 2.91 bits per heavy atom. The number of fused-ring (bicyclic) bond motifs is 1. The van der Waals surface area contributed by atoms with Crippen molar-refractivity contribution in [3.63, 3.8) is 0 Å². The lowest BCUT2D eigenvalue weighted by Gasteiger charge is -2.25. The van der Waals surface area contributed by atoms with Crippen molar-refractivity contribution in [3.05, 3.63) is 29.3 Å². The standard InChI is InChI=1S/C14H20N6O.ClH/c1-10-7-13(17-9-16-10)20-14(15)11-8-19(5-6-21-2)4-3-12(11)18-20;/h7,9H,3-6,8,15H2,1-2H3;1H. The van der Waals surface area contributed by atoms with E-state index in [9.17, 15) is 0 Å². The number of rotatable bonds is 4. The number of nitrogen functional groups attached to an aromatic ring is 1. The van der Waals surface area contributed by atoms with Gasteiger partial charge in [-0.25, -0.2) is 9.97 Å². The van der Waals surface area contributed by atoms with Gasteiger partial charge in [0.25, 0.3) is 0 Å². The maximum Gasteiger partial charge on any atom is 0.159 e. The van der Waals surface area contributed by atoms with Crippen LogP contribution in [0.5, 0.6) is 0 Å². The molecule has 0 amide bonds. The van der Waals surface area contributed by atoms with E-state index in [-0.39, 0.29) is 12.4 Å². The van der Waals surface area contributed by atoms with Gasteiger partial charge in [0.2, 0.25) is 0 Å². The number of nitrogens with zero attached hydrogens (tertiary/aromatic N) is 5. The first-order valence-corrected chi connectivity index (χ1v) is 7.05. The molecular formula is C14H21ClN6O. The van der Waals surface area contributed by atoms with E-state index >= 15 is 0 Å². The van der Waals surface area contributed by atoms with Crippen LogP contribution in [0, 0.1) is 6.92 Å². The Bertz CT molecular complexity index is 644. The van der Waals surface area contributed by atoms with Gasteiger partial charge >= 0.3 is 0 Å². The van der Waals surface area contributed by atoms with Crippen molar-refractivity contribution in [2.75, 3.05) is 32.5 Å². The van der Waals surface area contributed by atoms with Gasteiger partial charge in [0.1, 0.15) is 12.1 Å². The molecule has 2 N–H and O–H groups in total. The number of methoxy groups -OCH3 is 1. The van der Waals surface area contributed by atoms with Gasteiger partial charge in [-0.2, -0.15) is 9.78 Å². The Morgan fingerprint density at radius 2 is 2.18 bits per heavy atom. The first kappa shape index (κ1) is 16.7. The van der Waals surface area contributed by atoms with E-state index in [1.165, 1.54) is 6.33 Å². The minimum absolute atomic E-state index is 0. The second-order valence-corrected chi connectivity index (χ2v) is 5.26. The van der Waals surface area contributed by atoms with Gasteiger partial charge in [0.05, 0.1) is 12.3 Å². The van der Waals surface area contributed by atoms with E-state index in [0.717, 1.165) is 55.4 Å². The lowest BCUT2D eigenvalue weighted by atomic mass is 10.1. The van der Waals surface area contributed by atoms with E-state index < -0.39 is 0 Å². The number of anilines is 1. The molecule has 0 aliphatic carbocycles. The molecule has 0 aromatic carbocycles. The van der Waals surface area contributed by atoms with Crippen LogP contribution in [0.1, 0.15) is 17.0 Å². The van der Waals surface area contributed by atoms with Gasteiger partial charge in [0, 0.05) is 50.5 Å². The van der Waals surface area contributed by atoms with Gasteiger partial charge in [-0.3, -0.25) is 4.90 Å². The highest BCUT2D eigenvalue weighted by molar-refractivity contribution is 5.85. The van der Waals surface area contributed by atoms with Crippen LogP contribution in [0.3, 0.4) is 0 Å². The largest absolute Gasteiger partial charge is 0.383 e. The molecule has 120 valence electrons. The van der Waals surface area contributed by atoms with Crippen LogP contribution in [0.15, 0.2) is 12.4 Å². The number of hydrogen-bond donors (Lipinski definition) is 1. The highest BCUT2D eigenvalue weighted by Crippen LogP contribution is 2.25. The summed E-state index contributed by atoms with van der Waals surface area (Å²) < 4.78 is 6.86. The van der Waals surface area contributed by atoms with Gasteiger partial charge in [-0.05, 0) is 6.92 Å². The molecule has 0 saturated carbocycles. The maximum absolute atomic E-state index is 6.28. The molecule has 1 aliphatic heterocycles. The smallest absolute Gasteiger partial charge is 0.159 e. The molecule has 2 aromatic rings. The predicted octanol–water partition coefficient (Wildman–Crippen LogP) is 0.979. The molecule has 0 fully saturated rings. The van der Waals surface area contributed by atoms with E-state index in [1.807, 2.05) is 13.0 Å². The summed E-state index contributed by atoms with van der Waals surface area (Å²) in [4.78, 5) is 10.7.